The van der Waals surface area contributed by atoms with Crippen molar-refractivity contribution in [3.63, 3.8) is 0 Å². The predicted molar refractivity (Wildman–Crippen MR) is 63.3 cm³/mol. The van der Waals surface area contributed by atoms with E-state index in [4.69, 9.17) is 5.73 Å². The maximum absolute atomic E-state index is 11.2. The molecule has 4 heteroatoms. The van der Waals surface area contributed by atoms with Gasteiger partial charge in [0.05, 0.1) is 12.0 Å². The standard InChI is InChI=1S/C12H18N3O/c13-11(16)10-12(4-6-14-7-5-12)15-8-2-1-3-9-15/h1-3,8,10,14H,4-7,9H2,(H2,13,16). The molecule has 0 atom stereocenters. The van der Waals surface area contributed by atoms with Crippen LogP contribution < -0.4 is 11.1 Å². The molecule has 3 N–H and O–H groups in total. The summed E-state index contributed by atoms with van der Waals surface area (Å²) in [6, 6.07) is 0. The molecule has 1 amide bonds. The quantitative estimate of drug-likeness (QED) is 0.713. The van der Waals surface area contributed by atoms with Gasteiger partial charge in [0.2, 0.25) is 5.91 Å². The summed E-state index contributed by atoms with van der Waals surface area (Å²) < 4.78 is 0. The molecule has 1 saturated heterocycles. The van der Waals surface area contributed by atoms with Gasteiger partial charge in [-0.25, -0.2) is 0 Å². The molecular formula is C12H18N3O. The highest BCUT2D eigenvalue weighted by Gasteiger charge is 2.38. The van der Waals surface area contributed by atoms with Crippen LogP contribution in [0.15, 0.2) is 24.4 Å². The summed E-state index contributed by atoms with van der Waals surface area (Å²) >= 11 is 0. The zero-order valence-electron chi connectivity index (χ0n) is 9.36. The Bertz CT molecular complexity index is 316. The number of hydrogen-bond acceptors (Lipinski definition) is 3. The molecule has 0 bridgehead atoms. The second-order valence-electron chi connectivity index (χ2n) is 4.32. The van der Waals surface area contributed by atoms with Gasteiger partial charge >= 0.3 is 0 Å². The maximum Gasteiger partial charge on any atom is 0.223 e. The molecule has 0 aromatic carbocycles. The number of rotatable bonds is 3. The molecule has 0 aromatic rings. The molecule has 1 fully saturated rings. The van der Waals surface area contributed by atoms with Crippen LogP contribution >= 0.6 is 0 Å². The Morgan fingerprint density at radius 1 is 1.38 bits per heavy atom. The summed E-state index contributed by atoms with van der Waals surface area (Å²) in [4.78, 5) is 13.4. The smallest absolute Gasteiger partial charge is 0.223 e. The highest BCUT2D eigenvalue weighted by Crippen LogP contribution is 2.30. The molecule has 0 saturated carbocycles. The van der Waals surface area contributed by atoms with Crippen LogP contribution in [0.4, 0.5) is 0 Å². The van der Waals surface area contributed by atoms with Crippen LogP contribution in [0.2, 0.25) is 0 Å². The fraction of sp³-hybridized carbons (Fsp3) is 0.500. The van der Waals surface area contributed by atoms with Crippen LogP contribution in [0, 0.1) is 6.42 Å². The highest BCUT2D eigenvalue weighted by atomic mass is 16.1. The Balaban J connectivity index is 2.15. The van der Waals surface area contributed by atoms with Crippen LogP contribution in [-0.4, -0.2) is 36.0 Å². The Morgan fingerprint density at radius 2 is 2.12 bits per heavy atom. The molecule has 0 aromatic heterocycles. The average Bonchev–Trinajstić information content (AvgIpc) is 2.30. The second-order valence-corrected chi connectivity index (χ2v) is 4.32. The summed E-state index contributed by atoms with van der Waals surface area (Å²) in [7, 11) is 0. The summed E-state index contributed by atoms with van der Waals surface area (Å²) in [6.45, 7) is 2.70. The average molecular weight is 220 g/mol. The molecule has 87 valence electrons. The molecule has 1 radical (unpaired) electrons. The minimum atomic E-state index is -0.329. The van der Waals surface area contributed by atoms with Crippen LogP contribution in [-0.2, 0) is 4.79 Å². The molecule has 16 heavy (non-hydrogen) atoms. The minimum absolute atomic E-state index is 0.196. The number of carbonyl (C=O) groups is 1. The number of nitrogens with two attached hydrogens (primary N) is 1. The first-order valence-corrected chi connectivity index (χ1v) is 5.69. The maximum atomic E-state index is 11.2. The number of amides is 1. The molecule has 0 aliphatic carbocycles. The van der Waals surface area contributed by atoms with E-state index in [2.05, 4.69) is 16.3 Å². The molecule has 2 heterocycles. The summed E-state index contributed by atoms with van der Waals surface area (Å²) in [5, 5.41) is 3.31. The molecule has 0 unspecified atom stereocenters. The number of nitrogens with zero attached hydrogens (tertiary/aromatic N) is 1. The number of carbonyl (C=O) groups excluding carboxylic acids is 1. The first kappa shape index (κ1) is 11.2. The zero-order chi connectivity index (χ0) is 11.4. The van der Waals surface area contributed by atoms with E-state index in [9.17, 15) is 4.79 Å². The van der Waals surface area contributed by atoms with Crippen LogP contribution in [0.25, 0.3) is 0 Å². The molecule has 0 spiro atoms. The van der Waals surface area contributed by atoms with E-state index >= 15 is 0 Å². The number of hydrogen-bond donors (Lipinski definition) is 2. The number of nitrogens with one attached hydrogen (secondary N) is 1. The van der Waals surface area contributed by atoms with Gasteiger partial charge < -0.3 is 16.0 Å². The van der Waals surface area contributed by atoms with Crippen molar-refractivity contribution in [3.8, 4) is 0 Å². The number of primary amides is 1. The van der Waals surface area contributed by atoms with E-state index in [1.54, 1.807) is 6.42 Å². The molecule has 4 nitrogen and oxygen atoms in total. The molecular weight excluding hydrogens is 202 g/mol. The van der Waals surface area contributed by atoms with E-state index in [1.165, 1.54) is 0 Å². The van der Waals surface area contributed by atoms with Crippen LogP contribution in [0.5, 0.6) is 0 Å². The van der Waals surface area contributed by atoms with E-state index in [-0.39, 0.29) is 11.4 Å². The fourth-order valence-corrected chi connectivity index (χ4v) is 2.44. The third-order valence-corrected chi connectivity index (χ3v) is 3.27. The van der Waals surface area contributed by atoms with Crippen molar-refractivity contribution in [3.05, 3.63) is 30.8 Å². The van der Waals surface area contributed by atoms with Crippen molar-refractivity contribution in [2.24, 2.45) is 5.73 Å². The Labute approximate surface area is 96.2 Å². The van der Waals surface area contributed by atoms with Crippen molar-refractivity contribution in [2.75, 3.05) is 19.6 Å². The molecule has 2 aliphatic heterocycles. The van der Waals surface area contributed by atoms with Gasteiger partial charge in [0.1, 0.15) is 0 Å². The molecule has 2 aliphatic rings. The predicted octanol–water partition coefficient (Wildman–Crippen LogP) is 0.184. The van der Waals surface area contributed by atoms with Crippen LogP contribution in [0.3, 0.4) is 0 Å². The lowest BCUT2D eigenvalue weighted by molar-refractivity contribution is -0.116. The lowest BCUT2D eigenvalue weighted by atomic mass is 9.83. The summed E-state index contributed by atoms with van der Waals surface area (Å²) in [5.74, 6) is -0.329. The van der Waals surface area contributed by atoms with Crippen molar-refractivity contribution in [2.45, 2.75) is 18.4 Å². The minimum Gasteiger partial charge on any atom is -0.369 e. The van der Waals surface area contributed by atoms with Crippen molar-refractivity contribution in [1.82, 2.24) is 10.2 Å². The van der Waals surface area contributed by atoms with E-state index < -0.39 is 0 Å². The largest absolute Gasteiger partial charge is 0.369 e. The fourth-order valence-electron chi connectivity index (χ4n) is 2.44. The van der Waals surface area contributed by atoms with Gasteiger partial charge in [0, 0.05) is 6.54 Å². The Morgan fingerprint density at radius 3 is 2.69 bits per heavy atom. The second kappa shape index (κ2) is 4.70. The van der Waals surface area contributed by atoms with Gasteiger partial charge in [-0.05, 0) is 38.2 Å². The lowest BCUT2D eigenvalue weighted by Crippen LogP contribution is -2.55. The van der Waals surface area contributed by atoms with E-state index in [0.717, 1.165) is 32.5 Å². The van der Waals surface area contributed by atoms with Gasteiger partial charge in [0.25, 0.3) is 0 Å². The van der Waals surface area contributed by atoms with E-state index in [1.807, 2.05) is 18.4 Å². The highest BCUT2D eigenvalue weighted by molar-refractivity contribution is 5.84. The Hall–Kier alpha value is -1.29. The first-order valence-electron chi connectivity index (χ1n) is 5.69. The SMILES string of the molecule is NC(=O)[CH]C1(N2C=CC=CC2)CCNCC1. The number of allylic oxidation sites excluding steroid dienone is 2. The van der Waals surface area contributed by atoms with Gasteiger partial charge in [-0.1, -0.05) is 12.2 Å². The van der Waals surface area contributed by atoms with Crippen molar-refractivity contribution >= 4 is 5.91 Å². The molecule has 2 rings (SSSR count). The van der Waals surface area contributed by atoms with Crippen molar-refractivity contribution < 1.29 is 4.79 Å². The van der Waals surface area contributed by atoms with Gasteiger partial charge in [-0.2, -0.15) is 0 Å². The first-order chi connectivity index (χ1) is 7.73. The zero-order valence-corrected chi connectivity index (χ0v) is 9.36. The van der Waals surface area contributed by atoms with Crippen LogP contribution in [0.1, 0.15) is 12.8 Å². The van der Waals surface area contributed by atoms with Crippen molar-refractivity contribution in [1.29, 1.82) is 0 Å². The normalized spacial score (nSPS) is 23.4. The third-order valence-electron chi connectivity index (χ3n) is 3.27. The number of piperidine rings is 1. The van der Waals surface area contributed by atoms with E-state index in [0.29, 0.717) is 0 Å². The monoisotopic (exact) mass is 220 g/mol. The lowest BCUT2D eigenvalue weighted by Gasteiger charge is -2.45. The van der Waals surface area contributed by atoms with Gasteiger partial charge in [0.15, 0.2) is 0 Å². The van der Waals surface area contributed by atoms with Gasteiger partial charge in [-0.3, -0.25) is 4.79 Å². The summed E-state index contributed by atoms with van der Waals surface area (Å²) in [5.41, 5.74) is 5.14. The van der Waals surface area contributed by atoms with Gasteiger partial charge in [-0.15, -0.1) is 0 Å². The Kier molecular flexibility index (Phi) is 3.29. The summed E-state index contributed by atoms with van der Waals surface area (Å²) in [6.07, 6.45) is 11.7. The topological polar surface area (TPSA) is 58.4 Å². The third kappa shape index (κ3) is 2.27.